The summed E-state index contributed by atoms with van der Waals surface area (Å²) in [6.07, 6.45) is 3.50. The largest absolute Gasteiger partial charge is 0.463 e. The lowest BCUT2D eigenvalue weighted by atomic mass is 10.2. The van der Waals surface area contributed by atoms with Gasteiger partial charge in [0.05, 0.1) is 6.61 Å². The van der Waals surface area contributed by atoms with Crippen LogP contribution < -0.4 is 5.32 Å². The van der Waals surface area contributed by atoms with Crippen molar-refractivity contribution in [2.75, 3.05) is 11.9 Å². The highest BCUT2D eigenvalue weighted by Crippen LogP contribution is 2.11. The van der Waals surface area contributed by atoms with Gasteiger partial charge < -0.3 is 10.1 Å². The first kappa shape index (κ1) is 14.0. The lowest BCUT2D eigenvalue weighted by molar-refractivity contribution is -0.137. The Morgan fingerprint density at radius 2 is 1.89 bits per heavy atom. The molecule has 4 nitrogen and oxygen atoms in total. The van der Waals surface area contributed by atoms with Crippen molar-refractivity contribution >= 4 is 23.6 Å². The van der Waals surface area contributed by atoms with Gasteiger partial charge in [0.1, 0.15) is 0 Å². The summed E-state index contributed by atoms with van der Waals surface area (Å²) < 4.78 is 4.77. The van der Waals surface area contributed by atoms with Gasteiger partial charge in [0.25, 0.3) is 0 Å². The summed E-state index contributed by atoms with van der Waals surface area (Å²) >= 11 is 0. The first-order valence-corrected chi connectivity index (χ1v) is 5.90. The fourth-order valence-electron chi connectivity index (χ4n) is 1.28. The number of anilines is 1. The summed E-state index contributed by atoms with van der Waals surface area (Å²) in [6, 6.07) is 7.22. The summed E-state index contributed by atoms with van der Waals surface area (Å²) in [7, 11) is 0. The van der Waals surface area contributed by atoms with Gasteiger partial charge in [0, 0.05) is 18.2 Å². The van der Waals surface area contributed by atoms with Gasteiger partial charge in [-0.3, -0.25) is 4.79 Å². The lowest BCUT2D eigenvalue weighted by Gasteiger charge is -2.03. The van der Waals surface area contributed by atoms with Gasteiger partial charge in [-0.2, -0.15) is 0 Å². The molecule has 0 aliphatic heterocycles. The molecule has 1 amide bonds. The molecule has 0 fully saturated rings. The van der Waals surface area contributed by atoms with Crippen LogP contribution in [0.15, 0.2) is 30.3 Å². The second-order valence-corrected chi connectivity index (χ2v) is 3.61. The number of carbonyl (C=O) groups is 2. The Morgan fingerprint density at radius 3 is 2.44 bits per heavy atom. The van der Waals surface area contributed by atoms with Crippen LogP contribution in [0, 0.1) is 0 Å². The van der Waals surface area contributed by atoms with E-state index in [2.05, 4.69) is 5.32 Å². The summed E-state index contributed by atoms with van der Waals surface area (Å²) in [5.74, 6) is -0.384. The van der Waals surface area contributed by atoms with Crippen LogP contribution in [-0.4, -0.2) is 18.5 Å². The average Bonchev–Trinajstić information content (AvgIpc) is 2.38. The Bertz CT molecular complexity index is 435. The smallest absolute Gasteiger partial charge is 0.330 e. The second kappa shape index (κ2) is 7.27. The third-order valence-corrected chi connectivity index (χ3v) is 2.21. The van der Waals surface area contributed by atoms with Crippen LogP contribution in [0.25, 0.3) is 6.08 Å². The number of amides is 1. The molecule has 0 saturated carbocycles. The number of ether oxygens (including phenoxy) is 1. The molecule has 0 aliphatic carbocycles. The van der Waals surface area contributed by atoms with E-state index in [0.29, 0.717) is 13.0 Å². The van der Waals surface area contributed by atoms with Crippen molar-refractivity contribution in [3.05, 3.63) is 35.9 Å². The van der Waals surface area contributed by atoms with Crippen LogP contribution in [0.4, 0.5) is 5.69 Å². The summed E-state index contributed by atoms with van der Waals surface area (Å²) in [5.41, 5.74) is 1.62. The third kappa shape index (κ3) is 4.82. The minimum absolute atomic E-state index is 0.0233. The zero-order chi connectivity index (χ0) is 13.4. The van der Waals surface area contributed by atoms with E-state index in [1.54, 1.807) is 32.1 Å². The molecule has 1 rings (SSSR count). The standard InChI is InChI=1S/C14H17NO3/c1-3-13(16)15-12-8-5-11(6-9-12)7-10-14(17)18-4-2/h5-10H,3-4H2,1-2H3,(H,15,16). The number of nitrogens with one attached hydrogen (secondary N) is 1. The highest BCUT2D eigenvalue weighted by atomic mass is 16.5. The average molecular weight is 247 g/mol. The van der Waals surface area contributed by atoms with E-state index in [1.165, 1.54) is 6.08 Å². The van der Waals surface area contributed by atoms with Gasteiger partial charge in [-0.05, 0) is 30.7 Å². The molecular formula is C14H17NO3. The van der Waals surface area contributed by atoms with E-state index in [-0.39, 0.29) is 11.9 Å². The molecule has 0 radical (unpaired) electrons. The van der Waals surface area contributed by atoms with Crippen LogP contribution >= 0.6 is 0 Å². The minimum atomic E-state index is -0.360. The molecule has 1 N–H and O–H groups in total. The zero-order valence-corrected chi connectivity index (χ0v) is 10.6. The second-order valence-electron chi connectivity index (χ2n) is 3.61. The molecule has 0 bridgehead atoms. The van der Waals surface area contributed by atoms with Crippen molar-refractivity contribution in [1.29, 1.82) is 0 Å². The minimum Gasteiger partial charge on any atom is -0.463 e. The maximum absolute atomic E-state index is 11.2. The normalized spacial score (nSPS) is 10.3. The Balaban J connectivity index is 2.60. The SMILES string of the molecule is CCOC(=O)C=Cc1ccc(NC(=O)CC)cc1. The van der Waals surface area contributed by atoms with Crippen LogP contribution in [0.5, 0.6) is 0 Å². The number of hydrogen-bond acceptors (Lipinski definition) is 3. The lowest BCUT2D eigenvalue weighted by Crippen LogP contribution is -2.09. The number of hydrogen-bond donors (Lipinski definition) is 1. The summed E-state index contributed by atoms with van der Waals surface area (Å²) in [5, 5.41) is 2.75. The topological polar surface area (TPSA) is 55.4 Å². The van der Waals surface area contributed by atoms with Gasteiger partial charge in [-0.15, -0.1) is 0 Å². The summed E-state index contributed by atoms with van der Waals surface area (Å²) in [4.78, 5) is 22.3. The maximum atomic E-state index is 11.2. The molecule has 0 spiro atoms. The molecule has 1 aromatic rings. The Hall–Kier alpha value is -2.10. The molecule has 0 atom stereocenters. The molecule has 0 aliphatic rings. The quantitative estimate of drug-likeness (QED) is 0.642. The van der Waals surface area contributed by atoms with Gasteiger partial charge >= 0.3 is 5.97 Å². The van der Waals surface area contributed by atoms with Crippen molar-refractivity contribution < 1.29 is 14.3 Å². The van der Waals surface area contributed by atoms with Crippen molar-refractivity contribution in [2.45, 2.75) is 20.3 Å². The Labute approximate surface area is 107 Å². The van der Waals surface area contributed by atoms with Gasteiger partial charge in [0.2, 0.25) is 5.91 Å². The van der Waals surface area contributed by atoms with Crippen LogP contribution in [-0.2, 0) is 14.3 Å². The first-order chi connectivity index (χ1) is 8.65. The van der Waals surface area contributed by atoms with E-state index in [4.69, 9.17) is 4.74 Å². The molecular weight excluding hydrogens is 230 g/mol. The van der Waals surface area contributed by atoms with E-state index < -0.39 is 0 Å². The number of benzene rings is 1. The van der Waals surface area contributed by atoms with E-state index >= 15 is 0 Å². The van der Waals surface area contributed by atoms with E-state index in [1.807, 2.05) is 12.1 Å². The van der Waals surface area contributed by atoms with Crippen molar-refractivity contribution in [1.82, 2.24) is 0 Å². The van der Waals surface area contributed by atoms with E-state index in [0.717, 1.165) is 11.3 Å². The number of carbonyl (C=O) groups excluding carboxylic acids is 2. The predicted octanol–water partition coefficient (Wildman–Crippen LogP) is 2.61. The fourth-order valence-corrected chi connectivity index (χ4v) is 1.28. The van der Waals surface area contributed by atoms with Crippen LogP contribution in [0.1, 0.15) is 25.8 Å². The Kier molecular flexibility index (Phi) is 5.64. The fraction of sp³-hybridized carbons (Fsp3) is 0.286. The van der Waals surface area contributed by atoms with Crippen LogP contribution in [0.3, 0.4) is 0 Å². The molecule has 96 valence electrons. The monoisotopic (exact) mass is 247 g/mol. The molecule has 1 aromatic carbocycles. The van der Waals surface area contributed by atoms with Gasteiger partial charge in [-0.1, -0.05) is 19.1 Å². The van der Waals surface area contributed by atoms with Crippen molar-refractivity contribution in [3.63, 3.8) is 0 Å². The van der Waals surface area contributed by atoms with Gasteiger partial charge in [-0.25, -0.2) is 4.79 Å². The maximum Gasteiger partial charge on any atom is 0.330 e. The molecule has 0 unspecified atom stereocenters. The molecule has 4 heteroatoms. The highest BCUT2D eigenvalue weighted by molar-refractivity contribution is 5.90. The van der Waals surface area contributed by atoms with Gasteiger partial charge in [0.15, 0.2) is 0 Å². The predicted molar refractivity (Wildman–Crippen MR) is 71.0 cm³/mol. The van der Waals surface area contributed by atoms with E-state index in [9.17, 15) is 9.59 Å². The van der Waals surface area contributed by atoms with Crippen molar-refractivity contribution in [3.8, 4) is 0 Å². The van der Waals surface area contributed by atoms with Crippen LogP contribution in [0.2, 0.25) is 0 Å². The Morgan fingerprint density at radius 1 is 1.22 bits per heavy atom. The van der Waals surface area contributed by atoms with Crippen molar-refractivity contribution in [2.24, 2.45) is 0 Å². The molecule has 0 heterocycles. The molecule has 0 aromatic heterocycles. The number of esters is 1. The highest BCUT2D eigenvalue weighted by Gasteiger charge is 1.98. The third-order valence-electron chi connectivity index (χ3n) is 2.21. The first-order valence-electron chi connectivity index (χ1n) is 5.90. The number of rotatable bonds is 5. The summed E-state index contributed by atoms with van der Waals surface area (Å²) in [6.45, 7) is 3.92. The molecule has 18 heavy (non-hydrogen) atoms. The molecule has 0 saturated heterocycles. The zero-order valence-electron chi connectivity index (χ0n) is 10.6.